The van der Waals surface area contributed by atoms with Crippen molar-refractivity contribution in [3.05, 3.63) is 60.7 Å². The second kappa shape index (κ2) is 41.4. The Morgan fingerprint density at radius 1 is 0.512 bits per heavy atom. The number of unbranched alkanes of at least 4 members (excludes halogenated alkanes) is 5. The van der Waals surface area contributed by atoms with Gasteiger partial charge in [0, 0.05) is 73.5 Å². The third-order valence-corrected chi connectivity index (χ3v) is 26.9. The molecule has 6 heterocycles. The summed E-state index contributed by atoms with van der Waals surface area (Å²) >= 11 is 0. The van der Waals surface area contributed by atoms with Crippen molar-refractivity contribution in [2.75, 3.05) is 64.1 Å². The van der Waals surface area contributed by atoms with Gasteiger partial charge in [-0.3, -0.25) is 56.2 Å². The first-order valence-electron chi connectivity index (χ1n) is 38.3. The van der Waals surface area contributed by atoms with Gasteiger partial charge in [0.2, 0.25) is 23.6 Å². The maximum Gasteiger partial charge on any atom is 0.274 e. The number of fused-ring (bicyclic) bond motifs is 2. The number of carbonyl (C=O) groups excluding carboxylic acids is 6. The number of benzene rings is 1. The summed E-state index contributed by atoms with van der Waals surface area (Å²) in [4.78, 5) is 198. The number of amides is 4. The lowest BCUT2D eigenvalue weighted by Gasteiger charge is -2.36. The van der Waals surface area contributed by atoms with E-state index in [1.165, 1.54) is 38.8 Å². The number of anilines is 2. The molecule has 2 aliphatic heterocycles. The average Bonchev–Trinajstić information content (AvgIpc) is 1.59. The molecule has 4 aromatic heterocycles. The van der Waals surface area contributed by atoms with E-state index in [0.29, 0.717) is 6.42 Å². The summed E-state index contributed by atoms with van der Waals surface area (Å²) in [6, 6.07) is 8.27. The van der Waals surface area contributed by atoms with Crippen molar-refractivity contribution in [1.29, 1.82) is 0 Å². The largest absolute Gasteiger partial charge is 0.790 e. The Labute approximate surface area is 691 Å². The summed E-state index contributed by atoms with van der Waals surface area (Å²) in [7, 11) is -35.6. The van der Waals surface area contributed by atoms with E-state index in [2.05, 4.69) is 99.1 Å². The smallest absolute Gasteiger partial charge is 0.274 e. The molecule has 54 heteroatoms. The van der Waals surface area contributed by atoms with Gasteiger partial charge in [0.1, 0.15) is 84.1 Å². The van der Waals surface area contributed by atoms with Crippen LogP contribution < -0.4 is 71.9 Å². The van der Waals surface area contributed by atoms with Crippen molar-refractivity contribution in [3.8, 4) is 0 Å². The number of ether oxygens (including phenoxy) is 2. The Bertz CT molecular complexity index is 4770. The number of phosphoric acid groups is 6. The van der Waals surface area contributed by atoms with Gasteiger partial charge < -0.3 is 138 Å². The first-order chi connectivity index (χ1) is 56.5. The van der Waals surface area contributed by atoms with Crippen LogP contribution in [0.2, 0.25) is 0 Å². The van der Waals surface area contributed by atoms with Crippen molar-refractivity contribution in [3.63, 3.8) is 0 Å². The summed E-state index contributed by atoms with van der Waals surface area (Å²) in [6.07, 6.45) is -3.09. The molecular formula is C67H96N14O34P6-8. The Morgan fingerprint density at radius 3 is 1.22 bits per heavy atom. The van der Waals surface area contributed by atoms with Crippen LogP contribution in [-0.2, 0) is 114 Å². The van der Waals surface area contributed by atoms with E-state index in [4.69, 9.17) is 20.9 Å². The van der Waals surface area contributed by atoms with E-state index < -0.39 is 180 Å². The maximum atomic E-state index is 13.4. The van der Waals surface area contributed by atoms with Crippen LogP contribution in [0, 0.1) is 21.7 Å². The molecule has 48 nitrogen and oxygen atoms in total. The zero-order chi connectivity index (χ0) is 88.9. The third kappa shape index (κ3) is 28.3. The van der Waals surface area contributed by atoms with Crippen LogP contribution >= 0.6 is 46.9 Å². The Kier molecular flexibility index (Phi) is 33.7. The number of ketones is 2. The normalized spacial score (nSPS) is 22.8. The van der Waals surface area contributed by atoms with Gasteiger partial charge in [-0.25, -0.2) is 38.5 Å². The molecule has 14 atom stereocenters. The van der Waals surface area contributed by atoms with Crippen molar-refractivity contribution < 1.29 is 161 Å². The number of hydrogen-bond acceptors (Lipinski definition) is 42. The Hall–Kier alpha value is -6.36. The molecule has 9 rings (SSSR count). The van der Waals surface area contributed by atoms with Gasteiger partial charge in [-0.1, -0.05) is 84.1 Å². The number of aliphatic hydroxyl groups is 4. The summed E-state index contributed by atoms with van der Waals surface area (Å²) in [5, 5.41) is 53.4. The van der Waals surface area contributed by atoms with Crippen LogP contribution in [0.4, 0.5) is 11.6 Å². The van der Waals surface area contributed by atoms with Crippen molar-refractivity contribution in [2.45, 2.75) is 211 Å². The number of phosphoric ester groups is 6. The van der Waals surface area contributed by atoms with Gasteiger partial charge in [0.15, 0.2) is 35.4 Å². The van der Waals surface area contributed by atoms with Crippen LogP contribution in [0.25, 0.3) is 22.3 Å². The molecule has 4 aliphatic rings. The molecule has 12 N–H and O–H groups in total. The molecule has 2 saturated carbocycles. The first kappa shape index (κ1) is 98.4. The fraction of sp³-hybridized carbons (Fsp3) is 0.672. The first-order valence-corrected chi connectivity index (χ1v) is 47.1. The van der Waals surface area contributed by atoms with Crippen LogP contribution in [-0.4, -0.2) is 196 Å². The van der Waals surface area contributed by atoms with Gasteiger partial charge in [-0.2, -0.15) is 0 Å². The highest BCUT2D eigenvalue weighted by Crippen LogP contribution is 2.59. The lowest BCUT2D eigenvalue weighted by molar-refractivity contribution is -0.348. The monoisotopic (exact) mass is 1830 g/mol. The van der Waals surface area contributed by atoms with Gasteiger partial charge >= 0.3 is 0 Å². The third-order valence-electron chi connectivity index (χ3n) is 20.9. The van der Waals surface area contributed by atoms with Crippen molar-refractivity contribution >= 4 is 116 Å². The number of aryl methyl sites for hydroxylation is 2. The maximum absolute atomic E-state index is 13.4. The summed E-state index contributed by atoms with van der Waals surface area (Å²) in [5.74, 6) is -3.26. The lowest BCUT2D eigenvalue weighted by Crippen LogP contribution is -2.46. The Morgan fingerprint density at radius 2 is 0.860 bits per heavy atom. The molecule has 2 saturated heterocycles. The number of imidazole rings is 2. The van der Waals surface area contributed by atoms with E-state index in [1.54, 1.807) is 0 Å². The highest BCUT2D eigenvalue weighted by molar-refractivity contribution is 7.60. The number of rotatable bonds is 53. The predicted octanol–water partition coefficient (Wildman–Crippen LogP) is -2.46. The van der Waals surface area contributed by atoms with E-state index in [0.717, 1.165) is 124 Å². The fourth-order valence-electron chi connectivity index (χ4n) is 13.8. The fourth-order valence-corrected chi connectivity index (χ4v) is 19.2. The number of Topliss-reactive ketones (excluding diaryl/α,β-unsaturated/α-hetero) is 2. The zero-order valence-electron chi connectivity index (χ0n) is 65.9. The van der Waals surface area contributed by atoms with E-state index in [-0.39, 0.29) is 97.4 Å². The summed E-state index contributed by atoms with van der Waals surface area (Å²) in [5.41, 5.74) is 9.64. The molecule has 0 radical (unpaired) electrons. The van der Waals surface area contributed by atoms with Crippen LogP contribution in [0.3, 0.4) is 0 Å². The second-order valence-corrected chi connectivity index (χ2v) is 39.2. The molecule has 5 aromatic rings. The number of nitrogen functional groups attached to an aromatic ring is 2. The van der Waals surface area contributed by atoms with Crippen molar-refractivity contribution in [1.82, 2.24) is 60.3 Å². The molecule has 0 bridgehead atoms. The van der Waals surface area contributed by atoms with Gasteiger partial charge in [0.25, 0.3) is 31.3 Å². The molecule has 676 valence electrons. The number of nitrogens with one attached hydrogen (secondary N) is 4. The molecule has 0 spiro atoms. The van der Waals surface area contributed by atoms with Crippen LogP contribution in [0.1, 0.15) is 160 Å². The minimum absolute atomic E-state index is 0.0199. The van der Waals surface area contributed by atoms with E-state index >= 15 is 0 Å². The molecule has 4 amide bonds. The number of aliphatic hydroxyl groups excluding tert-OH is 4. The molecule has 14 unspecified atom stereocenters. The molecule has 2 aliphatic carbocycles. The second-order valence-electron chi connectivity index (χ2n) is 31.1. The molecule has 4 fully saturated rings. The lowest BCUT2D eigenvalue weighted by atomic mass is 9.87. The molecular weight excluding hydrogens is 1730 g/mol. The van der Waals surface area contributed by atoms with Crippen LogP contribution in [0.15, 0.2) is 49.6 Å². The minimum atomic E-state index is -5.99. The van der Waals surface area contributed by atoms with E-state index in [9.17, 15) is 116 Å². The Balaban J connectivity index is 0.577. The molecule has 1 aromatic carbocycles. The van der Waals surface area contributed by atoms with E-state index in [1.807, 2.05) is 12.1 Å². The number of carbonyl (C=O) groups is 6. The SMILES string of the molecule is CC(C)(COP(=O)([O-])OP(=O)([O-])OCC1OC(n2cnc3c(N)ncnc32)C(O)C1OP(=O)([O-])[O-])C(O)C(=O)NCCC(=O)NCCC(=O)C1(CCCCCCc2ccccc2CCCCCC2(C(=O)CCNC(=O)CCNC(=O)C(O)C(C)(C)COP(=O)([O-])OP(=O)([O-])OCC3OC(n4cnc5c(N)ncnc54)C(O)C3OP(=O)([O-])[O-])CC2)CC1. The zero-order valence-corrected chi connectivity index (χ0v) is 71.3. The summed E-state index contributed by atoms with van der Waals surface area (Å²) in [6.45, 7) is -0.449. The van der Waals surface area contributed by atoms with Crippen LogP contribution in [0.5, 0.6) is 0 Å². The van der Waals surface area contributed by atoms with Gasteiger partial charge in [0.05, 0.1) is 54.7 Å². The standard InChI is InChI=1S/C67H104N14O34P6/c1-64(2,34-108-120(102,103)114-118(98,99)106-32-42-52(112-116(92,93)94)50(86)62(110-42)80-38-78-48-56(68)74-36-76-58(48)80)54(88)60(90)72-30-20-46(84)70-28-18-44(82)66(24-25-66)22-12-6-5-8-14-40-16-10-11-17-41(40)15-9-7-13-23-67(26-27-67)45(83)19-29-71-47(85)21-31-73-61(91)55(89)65(3,4)35-109-121(104,105)115-119(100,101)107-33-43-53(113-117(95,96)97)51(87)63(111-43)81-39-79-49-57(69)75-37-77-59(49)81/h10-11,16-17,36-39,42-43,50-55,62-63,86-89H,5-9,12-15,18-35H2,1-4H3,(H,70,84)(H,71,85)(H,72,90)(H,73,91)(H,98,99)(H,100,101)(H,102,103)(H,104,105)(H2,68,74,76)(H2,69,75,77)(H2,92,93,94)(H2,95,96,97)/p-8. The summed E-state index contributed by atoms with van der Waals surface area (Å²) < 4.78 is 123. The van der Waals surface area contributed by atoms with Crippen molar-refractivity contribution in [2.24, 2.45) is 21.7 Å². The molecule has 121 heavy (non-hydrogen) atoms. The van der Waals surface area contributed by atoms with Gasteiger partial charge in [-0.15, -0.1) is 0 Å². The quantitative estimate of drug-likeness (QED) is 0.0143. The minimum Gasteiger partial charge on any atom is -0.790 e. The highest BCUT2D eigenvalue weighted by Gasteiger charge is 2.52. The average molecular weight is 1830 g/mol. The number of nitrogens with two attached hydrogens (primary N) is 2. The topological polar surface area (TPSA) is 750 Å². The van der Waals surface area contributed by atoms with Gasteiger partial charge in [-0.05, 0) is 75.3 Å². The number of aromatic nitrogens is 8. The predicted molar refractivity (Wildman–Crippen MR) is 400 cm³/mol. The number of nitrogens with zero attached hydrogens (tertiary/aromatic N) is 8. The highest BCUT2D eigenvalue weighted by atomic mass is 31.3. The number of hydrogen-bond donors (Lipinski definition) is 10.